The Morgan fingerprint density at radius 2 is 2.00 bits per heavy atom. The van der Waals surface area contributed by atoms with Gasteiger partial charge in [-0.15, -0.1) is 0 Å². The molecule has 1 N–H and O–H groups in total. The average Bonchev–Trinajstić information content (AvgIpc) is 2.40. The Kier molecular flexibility index (Phi) is 6.53. The molecular formula is C12H14ClFO6S. The number of carboxylic acid groups (broad SMARTS) is 1. The van der Waals surface area contributed by atoms with E-state index in [1.54, 1.807) is 0 Å². The number of benzene rings is 1. The van der Waals surface area contributed by atoms with Crippen molar-refractivity contribution in [3.05, 3.63) is 28.5 Å². The molecule has 0 spiro atoms. The van der Waals surface area contributed by atoms with Crippen molar-refractivity contribution in [3.63, 3.8) is 0 Å². The maximum absolute atomic E-state index is 13.9. The van der Waals surface area contributed by atoms with Gasteiger partial charge in [-0.25, -0.2) is 17.6 Å². The van der Waals surface area contributed by atoms with Crippen LogP contribution in [0.3, 0.4) is 0 Å². The molecular weight excluding hydrogens is 327 g/mol. The van der Waals surface area contributed by atoms with Crippen LogP contribution in [0.25, 0.3) is 0 Å². The fourth-order valence-electron chi connectivity index (χ4n) is 1.47. The first-order valence-electron chi connectivity index (χ1n) is 5.81. The molecule has 0 saturated carbocycles. The Bertz CT molecular complexity index is 616. The summed E-state index contributed by atoms with van der Waals surface area (Å²) in [6.45, 7) is 0.333. The number of carbonyl (C=O) groups is 1. The molecule has 1 aromatic rings. The molecule has 1 aromatic carbocycles. The lowest BCUT2D eigenvalue weighted by Gasteiger charge is -2.09. The van der Waals surface area contributed by atoms with Crippen LogP contribution in [0.1, 0.15) is 10.4 Å². The first-order chi connectivity index (χ1) is 9.79. The van der Waals surface area contributed by atoms with E-state index in [0.717, 1.165) is 12.1 Å². The number of ether oxygens (including phenoxy) is 2. The van der Waals surface area contributed by atoms with Crippen LogP contribution in [0.2, 0.25) is 5.02 Å². The number of aromatic carboxylic acids is 1. The number of halogens is 2. The van der Waals surface area contributed by atoms with Crippen molar-refractivity contribution in [1.29, 1.82) is 0 Å². The maximum Gasteiger partial charge on any atom is 0.338 e. The minimum Gasteiger partial charge on any atom is -0.478 e. The molecule has 21 heavy (non-hydrogen) atoms. The molecule has 0 radical (unpaired) electrons. The summed E-state index contributed by atoms with van der Waals surface area (Å²) in [5.74, 6) is -3.42. The summed E-state index contributed by atoms with van der Waals surface area (Å²) < 4.78 is 47.7. The highest BCUT2D eigenvalue weighted by atomic mass is 35.5. The standard InChI is InChI=1S/C12H14ClFO6S/c1-19-2-3-20-4-5-21(17,18)10-7-8(13)6-9(11(10)14)12(15)16/h6-7H,2-5H2,1H3,(H,15,16). The van der Waals surface area contributed by atoms with Gasteiger partial charge in [0.15, 0.2) is 15.7 Å². The monoisotopic (exact) mass is 340 g/mol. The summed E-state index contributed by atoms with van der Waals surface area (Å²) in [4.78, 5) is 10.1. The SMILES string of the molecule is COCCOCCS(=O)(=O)c1cc(Cl)cc(C(=O)O)c1F. The summed E-state index contributed by atoms with van der Waals surface area (Å²) in [6.07, 6.45) is 0. The first kappa shape index (κ1) is 17.8. The van der Waals surface area contributed by atoms with E-state index in [9.17, 15) is 17.6 Å². The number of rotatable bonds is 8. The molecule has 0 aromatic heterocycles. The second-order valence-electron chi connectivity index (χ2n) is 3.99. The van der Waals surface area contributed by atoms with Crippen LogP contribution in [0.4, 0.5) is 4.39 Å². The van der Waals surface area contributed by atoms with Crippen molar-refractivity contribution >= 4 is 27.4 Å². The van der Waals surface area contributed by atoms with E-state index < -0.39 is 37.8 Å². The van der Waals surface area contributed by atoms with Crippen LogP contribution in [0.5, 0.6) is 0 Å². The fourth-order valence-corrected chi connectivity index (χ4v) is 3.00. The summed E-state index contributed by atoms with van der Waals surface area (Å²) in [6, 6.07) is 1.74. The number of hydrogen-bond donors (Lipinski definition) is 1. The molecule has 6 nitrogen and oxygen atoms in total. The Morgan fingerprint density at radius 3 is 2.57 bits per heavy atom. The topological polar surface area (TPSA) is 89.9 Å². The summed E-state index contributed by atoms with van der Waals surface area (Å²) in [7, 11) is -2.58. The van der Waals surface area contributed by atoms with Crippen LogP contribution < -0.4 is 0 Å². The summed E-state index contributed by atoms with van der Waals surface area (Å²) in [5, 5.41) is 8.65. The van der Waals surface area contributed by atoms with Crippen molar-refractivity contribution in [2.24, 2.45) is 0 Å². The zero-order valence-electron chi connectivity index (χ0n) is 11.1. The van der Waals surface area contributed by atoms with Crippen molar-refractivity contribution in [2.75, 3.05) is 32.7 Å². The Labute approximate surface area is 126 Å². The molecule has 0 unspecified atom stereocenters. The third-order valence-electron chi connectivity index (χ3n) is 2.50. The summed E-state index contributed by atoms with van der Waals surface area (Å²) in [5.41, 5.74) is -0.790. The molecule has 1 rings (SSSR count). The largest absolute Gasteiger partial charge is 0.478 e. The second-order valence-corrected chi connectivity index (χ2v) is 6.51. The van der Waals surface area contributed by atoms with Crippen LogP contribution in [0, 0.1) is 5.82 Å². The highest BCUT2D eigenvalue weighted by Gasteiger charge is 2.25. The van der Waals surface area contributed by atoms with Gasteiger partial charge in [-0.2, -0.15) is 0 Å². The van der Waals surface area contributed by atoms with Gasteiger partial charge in [0, 0.05) is 12.1 Å². The van der Waals surface area contributed by atoms with E-state index in [4.69, 9.17) is 26.2 Å². The quantitative estimate of drug-likeness (QED) is 0.723. The highest BCUT2D eigenvalue weighted by molar-refractivity contribution is 7.91. The minimum absolute atomic E-state index is 0.167. The third-order valence-corrected chi connectivity index (χ3v) is 4.39. The van der Waals surface area contributed by atoms with E-state index in [1.807, 2.05) is 0 Å². The van der Waals surface area contributed by atoms with Gasteiger partial charge >= 0.3 is 5.97 Å². The molecule has 9 heteroatoms. The lowest BCUT2D eigenvalue weighted by atomic mass is 10.2. The summed E-state index contributed by atoms with van der Waals surface area (Å²) >= 11 is 5.63. The number of sulfone groups is 1. The van der Waals surface area contributed by atoms with Crippen molar-refractivity contribution in [2.45, 2.75) is 4.90 Å². The van der Waals surface area contributed by atoms with Gasteiger partial charge in [0.1, 0.15) is 4.90 Å². The van der Waals surface area contributed by atoms with Crippen LogP contribution >= 0.6 is 11.6 Å². The van der Waals surface area contributed by atoms with E-state index in [1.165, 1.54) is 7.11 Å². The van der Waals surface area contributed by atoms with Crippen molar-refractivity contribution < 1.29 is 32.2 Å². The predicted octanol–water partition coefficient (Wildman–Crippen LogP) is 1.61. The second kappa shape index (κ2) is 7.69. The Hall–Kier alpha value is -1.22. The van der Waals surface area contributed by atoms with Crippen LogP contribution in [-0.4, -0.2) is 52.2 Å². The highest BCUT2D eigenvalue weighted by Crippen LogP contribution is 2.24. The lowest BCUT2D eigenvalue weighted by Crippen LogP contribution is -2.17. The molecule has 0 bridgehead atoms. The van der Waals surface area contributed by atoms with Gasteiger partial charge in [0.25, 0.3) is 0 Å². The number of carboxylic acids is 1. The van der Waals surface area contributed by atoms with E-state index in [2.05, 4.69) is 0 Å². The van der Waals surface area contributed by atoms with Gasteiger partial charge in [0.05, 0.1) is 31.1 Å². The third kappa shape index (κ3) is 4.92. The van der Waals surface area contributed by atoms with Gasteiger partial charge in [-0.3, -0.25) is 0 Å². The van der Waals surface area contributed by atoms with E-state index >= 15 is 0 Å². The molecule has 0 aliphatic rings. The smallest absolute Gasteiger partial charge is 0.338 e. The van der Waals surface area contributed by atoms with E-state index in [0.29, 0.717) is 6.61 Å². The van der Waals surface area contributed by atoms with Crippen molar-refractivity contribution in [1.82, 2.24) is 0 Å². The van der Waals surface area contributed by atoms with E-state index in [-0.39, 0.29) is 18.2 Å². The van der Waals surface area contributed by atoms with Crippen LogP contribution in [-0.2, 0) is 19.3 Å². The molecule has 0 atom stereocenters. The zero-order valence-corrected chi connectivity index (χ0v) is 12.7. The normalized spacial score (nSPS) is 11.6. The van der Waals surface area contributed by atoms with Gasteiger partial charge in [-0.05, 0) is 12.1 Å². The van der Waals surface area contributed by atoms with Crippen molar-refractivity contribution in [3.8, 4) is 0 Å². The first-order valence-corrected chi connectivity index (χ1v) is 7.84. The minimum atomic E-state index is -4.05. The molecule has 0 aliphatic carbocycles. The zero-order chi connectivity index (χ0) is 16.0. The molecule has 118 valence electrons. The van der Waals surface area contributed by atoms with Gasteiger partial charge < -0.3 is 14.6 Å². The molecule has 0 aliphatic heterocycles. The average molecular weight is 341 g/mol. The Morgan fingerprint density at radius 1 is 1.33 bits per heavy atom. The number of hydrogen-bond acceptors (Lipinski definition) is 5. The molecule has 0 saturated heterocycles. The molecule has 0 fully saturated rings. The predicted molar refractivity (Wildman–Crippen MR) is 73.1 cm³/mol. The van der Waals surface area contributed by atoms with Crippen LogP contribution in [0.15, 0.2) is 17.0 Å². The number of methoxy groups -OCH3 is 1. The molecule has 0 heterocycles. The molecule has 0 amide bonds. The Balaban J connectivity index is 2.95. The fraction of sp³-hybridized carbons (Fsp3) is 0.417. The van der Waals surface area contributed by atoms with Gasteiger partial charge in [-0.1, -0.05) is 11.6 Å². The van der Waals surface area contributed by atoms with Gasteiger partial charge in [0.2, 0.25) is 0 Å². The lowest BCUT2D eigenvalue weighted by molar-refractivity contribution is 0.0691. The maximum atomic E-state index is 13.9.